The van der Waals surface area contributed by atoms with Crippen molar-refractivity contribution in [2.75, 3.05) is 4.72 Å². The average Bonchev–Trinajstić information content (AvgIpc) is 1.94. The van der Waals surface area contributed by atoms with Crippen LogP contribution in [-0.4, -0.2) is 38.3 Å². The third-order valence-electron chi connectivity index (χ3n) is 1.38. The fourth-order valence-corrected chi connectivity index (χ4v) is 1.24. The Kier molecular flexibility index (Phi) is 5.75. The summed E-state index contributed by atoms with van der Waals surface area (Å²) in [4.78, 5) is 0. The molecule has 0 aliphatic rings. The molecule has 0 aliphatic heterocycles. The largest absolute Gasteiger partial charge is 0.755 e. The smallest absolute Gasteiger partial charge is 0.123 e. The van der Waals surface area contributed by atoms with Crippen molar-refractivity contribution in [2.45, 2.75) is 6.92 Å². The molecule has 0 spiro atoms. The first-order valence-corrected chi connectivity index (χ1v) is 4.29. The number of anilines is 1. The fraction of sp³-hybridized carbons (Fsp3) is 0.143. The molecule has 13 heavy (non-hydrogen) atoms. The van der Waals surface area contributed by atoms with E-state index in [9.17, 15) is 13.2 Å². The molecule has 1 rings (SSSR count). The van der Waals surface area contributed by atoms with Gasteiger partial charge in [-0.1, -0.05) is 0 Å². The van der Waals surface area contributed by atoms with Crippen LogP contribution in [0, 0.1) is 12.7 Å². The molecule has 1 atom stereocenters. The Morgan fingerprint density at radius 1 is 1.54 bits per heavy atom. The van der Waals surface area contributed by atoms with Crippen LogP contribution in [0.15, 0.2) is 18.2 Å². The first-order chi connectivity index (χ1) is 5.59. The van der Waals surface area contributed by atoms with Crippen molar-refractivity contribution in [3.8, 4) is 0 Å². The number of hydrogen-bond acceptors (Lipinski definition) is 2. The summed E-state index contributed by atoms with van der Waals surface area (Å²) in [6, 6.07) is 3.83. The maximum Gasteiger partial charge on any atom is 0.123 e. The summed E-state index contributed by atoms with van der Waals surface area (Å²) in [5.41, 5.74) is 0.948. The van der Waals surface area contributed by atoms with Crippen molar-refractivity contribution >= 4 is 46.5 Å². The van der Waals surface area contributed by atoms with E-state index < -0.39 is 11.3 Å². The number of halogens is 1. The van der Waals surface area contributed by atoms with Gasteiger partial charge in [-0.15, -0.1) is 0 Å². The van der Waals surface area contributed by atoms with Crippen LogP contribution < -0.4 is 4.72 Å². The van der Waals surface area contributed by atoms with E-state index in [1.165, 1.54) is 18.2 Å². The fourth-order valence-electron chi connectivity index (χ4n) is 0.831. The normalized spacial score (nSPS) is 11.6. The second-order valence-electron chi connectivity index (χ2n) is 2.30. The van der Waals surface area contributed by atoms with Gasteiger partial charge in [-0.2, -0.15) is 0 Å². The summed E-state index contributed by atoms with van der Waals surface area (Å²) in [7, 11) is 0. The van der Waals surface area contributed by atoms with E-state index in [0.717, 1.165) is 0 Å². The van der Waals surface area contributed by atoms with E-state index in [-0.39, 0.29) is 35.4 Å². The van der Waals surface area contributed by atoms with E-state index >= 15 is 0 Å². The van der Waals surface area contributed by atoms with Gasteiger partial charge in [-0.25, -0.2) is 4.39 Å². The van der Waals surface area contributed by atoms with Gasteiger partial charge in [0.15, 0.2) is 0 Å². The Hall–Kier alpha value is 0.0600. The summed E-state index contributed by atoms with van der Waals surface area (Å²) in [5.74, 6) is -0.380. The van der Waals surface area contributed by atoms with Crippen LogP contribution in [0.2, 0.25) is 0 Å². The summed E-state index contributed by atoms with van der Waals surface area (Å²) >= 11 is -2.36. The number of aryl methyl sites for hydroxylation is 1. The molecule has 0 saturated heterocycles. The minimum atomic E-state index is -2.36. The third kappa shape index (κ3) is 4.19. The molecule has 0 fully saturated rings. The second-order valence-corrected chi connectivity index (χ2v) is 2.97. The second kappa shape index (κ2) is 5.72. The minimum absolute atomic E-state index is 0. The van der Waals surface area contributed by atoms with Gasteiger partial charge in [0.2, 0.25) is 0 Å². The predicted molar refractivity (Wildman–Crippen MR) is 49.4 cm³/mol. The van der Waals surface area contributed by atoms with Gasteiger partial charge < -0.3 is 9.27 Å². The van der Waals surface area contributed by atoms with Crippen molar-refractivity contribution in [3.05, 3.63) is 29.6 Å². The molecule has 0 bridgehead atoms. The summed E-state index contributed by atoms with van der Waals surface area (Å²) in [6.45, 7) is 1.62. The zero-order valence-corrected chi connectivity index (χ0v) is 10.2. The Morgan fingerprint density at radius 2 is 2.15 bits per heavy atom. The van der Waals surface area contributed by atoms with Gasteiger partial charge in [0, 0.05) is 46.5 Å². The molecule has 0 aliphatic carbocycles. The van der Waals surface area contributed by atoms with Gasteiger partial charge >= 0.3 is 0 Å². The molecule has 1 unspecified atom stereocenters. The molecule has 0 saturated carbocycles. The molecule has 1 aromatic rings. The van der Waals surface area contributed by atoms with E-state index in [2.05, 4.69) is 4.72 Å². The Morgan fingerprint density at radius 3 is 2.62 bits per heavy atom. The predicted octanol–water partition coefficient (Wildman–Crippen LogP) is 0.959. The average molecular weight is 211 g/mol. The van der Waals surface area contributed by atoms with Crippen LogP contribution >= 0.6 is 0 Å². The van der Waals surface area contributed by atoms with Gasteiger partial charge in [-0.3, -0.25) is 4.21 Å². The Bertz CT molecular complexity index is 321. The van der Waals surface area contributed by atoms with E-state index in [4.69, 9.17) is 0 Å². The van der Waals surface area contributed by atoms with E-state index in [1.807, 2.05) is 0 Å². The molecule has 0 aromatic heterocycles. The number of nitrogens with one attached hydrogen (secondary N) is 1. The van der Waals surface area contributed by atoms with Gasteiger partial charge in [0.05, 0.1) is 0 Å². The Balaban J connectivity index is 0.00000144. The molecule has 0 amide bonds. The quantitative estimate of drug-likeness (QED) is 0.585. The van der Waals surface area contributed by atoms with Crippen molar-refractivity contribution in [2.24, 2.45) is 0 Å². The molecule has 1 N–H and O–H groups in total. The summed E-state index contributed by atoms with van der Waals surface area (Å²) < 4.78 is 35.1. The standard InChI is InChI=1S/C7H8FNO2S.Na/c1-5-4-6(8)2-3-7(5)9-12(10)11;/h2-4,9H,1H3,(H,10,11);/p-1. The third-order valence-corrected chi connectivity index (χ3v) is 1.77. The monoisotopic (exact) mass is 211 g/mol. The zero-order valence-electron chi connectivity index (χ0n) is 7.33. The number of benzene rings is 1. The van der Waals surface area contributed by atoms with Crippen LogP contribution in [-0.2, 0) is 11.3 Å². The van der Waals surface area contributed by atoms with Crippen LogP contribution in [0.25, 0.3) is 0 Å². The molecular weight excluding hydrogens is 204 g/mol. The van der Waals surface area contributed by atoms with E-state index in [1.54, 1.807) is 6.92 Å². The maximum absolute atomic E-state index is 12.5. The minimum Gasteiger partial charge on any atom is -0.755 e. The van der Waals surface area contributed by atoms with Crippen molar-refractivity contribution in [1.82, 2.24) is 0 Å². The SMILES string of the molecule is Cc1cc(F)ccc1NS(=O)[O-].[Na]. The molecule has 3 nitrogen and oxygen atoms in total. The van der Waals surface area contributed by atoms with Crippen LogP contribution in [0.5, 0.6) is 0 Å². The van der Waals surface area contributed by atoms with Crippen molar-refractivity contribution < 1.29 is 13.2 Å². The topological polar surface area (TPSA) is 52.2 Å². The first kappa shape index (κ1) is 13.1. The zero-order chi connectivity index (χ0) is 9.14. The van der Waals surface area contributed by atoms with Crippen LogP contribution in [0.1, 0.15) is 5.56 Å². The molecule has 1 aromatic carbocycles. The van der Waals surface area contributed by atoms with Crippen molar-refractivity contribution in [1.29, 1.82) is 0 Å². The first-order valence-electron chi connectivity index (χ1n) is 3.21. The molecular formula is C7H7FNNaO2S-. The van der Waals surface area contributed by atoms with Crippen LogP contribution in [0.3, 0.4) is 0 Å². The van der Waals surface area contributed by atoms with Crippen molar-refractivity contribution in [3.63, 3.8) is 0 Å². The maximum atomic E-state index is 12.5. The molecule has 67 valence electrons. The summed E-state index contributed by atoms with van der Waals surface area (Å²) in [5, 5.41) is 0. The molecule has 1 radical (unpaired) electrons. The van der Waals surface area contributed by atoms with Gasteiger partial charge in [0.25, 0.3) is 0 Å². The van der Waals surface area contributed by atoms with Gasteiger partial charge in [-0.05, 0) is 30.7 Å². The van der Waals surface area contributed by atoms with E-state index in [0.29, 0.717) is 11.3 Å². The molecule has 6 heteroatoms. The molecule has 0 heterocycles. The number of rotatable bonds is 2. The Labute approximate surface area is 100 Å². The number of hydrogen-bond donors (Lipinski definition) is 1. The van der Waals surface area contributed by atoms with Gasteiger partial charge in [0.1, 0.15) is 5.82 Å². The van der Waals surface area contributed by atoms with Crippen LogP contribution in [0.4, 0.5) is 10.1 Å². The summed E-state index contributed by atoms with van der Waals surface area (Å²) in [6.07, 6.45) is 0.